The Hall–Kier alpha value is -3.21. The van der Waals surface area contributed by atoms with Crippen LogP contribution in [0, 0.1) is 5.92 Å². The van der Waals surface area contributed by atoms with E-state index in [1.165, 1.54) is 0 Å². The SMILES string of the molecule is CC(C)CC(=O)Nc1nc2c(nc1-c1ccccc1)-c1ccc(O)cc1CC2. The van der Waals surface area contributed by atoms with Crippen LogP contribution in [0.3, 0.4) is 0 Å². The standard InChI is InChI=1S/C23H23N3O2/c1-14(2)12-20(28)25-23-21(15-6-4-3-5-7-15)26-22-18-10-9-17(27)13-16(18)8-11-19(22)24-23/h3-7,9-10,13-14,27H,8,11-12H2,1-2H3,(H,24,25,28). The Labute approximate surface area is 164 Å². The molecular formula is C23H23N3O2. The van der Waals surface area contributed by atoms with E-state index in [1.54, 1.807) is 12.1 Å². The molecule has 1 aliphatic carbocycles. The molecule has 5 heteroatoms. The lowest BCUT2D eigenvalue weighted by atomic mass is 9.91. The van der Waals surface area contributed by atoms with Gasteiger partial charge in [-0.1, -0.05) is 44.2 Å². The Kier molecular flexibility index (Phi) is 4.82. The molecule has 2 N–H and O–H groups in total. The van der Waals surface area contributed by atoms with E-state index in [9.17, 15) is 9.90 Å². The molecule has 0 saturated heterocycles. The van der Waals surface area contributed by atoms with E-state index in [-0.39, 0.29) is 17.6 Å². The van der Waals surface area contributed by atoms with Crippen molar-refractivity contribution in [2.75, 3.05) is 5.32 Å². The number of hydrogen-bond donors (Lipinski definition) is 2. The summed E-state index contributed by atoms with van der Waals surface area (Å²) in [6.45, 7) is 4.03. The summed E-state index contributed by atoms with van der Waals surface area (Å²) < 4.78 is 0. The predicted molar refractivity (Wildman–Crippen MR) is 110 cm³/mol. The van der Waals surface area contributed by atoms with Crippen LogP contribution in [-0.4, -0.2) is 21.0 Å². The van der Waals surface area contributed by atoms with Crippen molar-refractivity contribution in [2.45, 2.75) is 33.1 Å². The van der Waals surface area contributed by atoms with Crippen LogP contribution < -0.4 is 5.32 Å². The van der Waals surface area contributed by atoms with Gasteiger partial charge in [0.25, 0.3) is 0 Å². The summed E-state index contributed by atoms with van der Waals surface area (Å²) in [5.74, 6) is 0.988. The van der Waals surface area contributed by atoms with Gasteiger partial charge in [-0.25, -0.2) is 9.97 Å². The van der Waals surface area contributed by atoms with Gasteiger partial charge in [-0.05, 0) is 42.5 Å². The molecule has 1 heterocycles. The minimum absolute atomic E-state index is 0.0532. The number of nitrogens with zero attached hydrogens (tertiary/aromatic N) is 2. The van der Waals surface area contributed by atoms with Gasteiger partial charge in [-0.2, -0.15) is 0 Å². The van der Waals surface area contributed by atoms with Gasteiger partial charge < -0.3 is 10.4 Å². The molecule has 0 unspecified atom stereocenters. The Morgan fingerprint density at radius 3 is 2.61 bits per heavy atom. The smallest absolute Gasteiger partial charge is 0.225 e. The minimum Gasteiger partial charge on any atom is -0.508 e. The third kappa shape index (κ3) is 3.60. The first-order valence-corrected chi connectivity index (χ1v) is 9.59. The second-order valence-corrected chi connectivity index (χ2v) is 7.57. The maximum Gasteiger partial charge on any atom is 0.225 e. The third-order valence-electron chi connectivity index (χ3n) is 4.84. The summed E-state index contributed by atoms with van der Waals surface area (Å²) in [4.78, 5) is 22.1. The first-order valence-electron chi connectivity index (χ1n) is 9.59. The number of carbonyl (C=O) groups is 1. The van der Waals surface area contributed by atoms with Crippen LogP contribution in [0.2, 0.25) is 0 Å². The molecule has 0 bridgehead atoms. The van der Waals surface area contributed by atoms with Crippen molar-refractivity contribution < 1.29 is 9.90 Å². The van der Waals surface area contributed by atoms with E-state index in [0.29, 0.717) is 17.9 Å². The fourth-order valence-corrected chi connectivity index (χ4v) is 3.57. The number of nitrogens with one attached hydrogen (secondary N) is 1. The minimum atomic E-state index is -0.0532. The molecule has 0 radical (unpaired) electrons. The van der Waals surface area contributed by atoms with E-state index in [1.807, 2.05) is 50.2 Å². The number of phenols is 1. The number of carbonyl (C=O) groups excluding carboxylic acids is 1. The summed E-state index contributed by atoms with van der Waals surface area (Å²) in [6.07, 6.45) is 1.95. The largest absolute Gasteiger partial charge is 0.508 e. The summed E-state index contributed by atoms with van der Waals surface area (Å²) >= 11 is 0. The van der Waals surface area contributed by atoms with Gasteiger partial charge in [0.2, 0.25) is 5.91 Å². The van der Waals surface area contributed by atoms with Crippen molar-refractivity contribution >= 4 is 11.7 Å². The van der Waals surface area contributed by atoms with Gasteiger partial charge in [-0.3, -0.25) is 4.79 Å². The van der Waals surface area contributed by atoms with E-state index in [2.05, 4.69) is 5.32 Å². The van der Waals surface area contributed by atoms with Crippen LogP contribution in [-0.2, 0) is 17.6 Å². The molecule has 0 fully saturated rings. The van der Waals surface area contributed by atoms with Gasteiger partial charge >= 0.3 is 0 Å². The van der Waals surface area contributed by atoms with Crippen LogP contribution in [0.25, 0.3) is 22.5 Å². The molecular weight excluding hydrogens is 350 g/mol. The summed E-state index contributed by atoms with van der Waals surface area (Å²) in [5, 5.41) is 12.8. The molecule has 0 aliphatic heterocycles. The maximum absolute atomic E-state index is 12.4. The average molecular weight is 373 g/mol. The first kappa shape index (κ1) is 18.2. The predicted octanol–water partition coefficient (Wildman–Crippen LogP) is 4.60. The lowest BCUT2D eigenvalue weighted by Crippen LogP contribution is -2.18. The molecule has 1 aliphatic rings. The van der Waals surface area contributed by atoms with Crippen molar-refractivity contribution in [1.82, 2.24) is 9.97 Å². The highest BCUT2D eigenvalue weighted by Gasteiger charge is 2.23. The number of rotatable bonds is 4. The van der Waals surface area contributed by atoms with E-state index in [0.717, 1.165) is 40.9 Å². The maximum atomic E-state index is 12.4. The van der Waals surface area contributed by atoms with Crippen molar-refractivity contribution in [2.24, 2.45) is 5.92 Å². The number of anilines is 1. The molecule has 0 atom stereocenters. The topological polar surface area (TPSA) is 75.1 Å². The number of hydrogen-bond acceptors (Lipinski definition) is 4. The highest BCUT2D eigenvalue weighted by molar-refractivity contribution is 5.94. The Morgan fingerprint density at radius 2 is 1.86 bits per heavy atom. The van der Waals surface area contributed by atoms with Gasteiger partial charge in [0.1, 0.15) is 11.4 Å². The summed E-state index contributed by atoms with van der Waals surface area (Å²) in [7, 11) is 0. The molecule has 0 saturated carbocycles. The summed E-state index contributed by atoms with van der Waals surface area (Å²) in [5.41, 5.74) is 5.32. The number of benzene rings is 2. The number of aromatic nitrogens is 2. The number of fused-ring (bicyclic) bond motifs is 3. The average Bonchev–Trinajstić information content (AvgIpc) is 2.67. The fourth-order valence-electron chi connectivity index (χ4n) is 3.57. The molecule has 2 aromatic carbocycles. The lowest BCUT2D eigenvalue weighted by Gasteiger charge is -2.21. The normalized spacial score (nSPS) is 12.4. The van der Waals surface area contributed by atoms with Crippen LogP contribution in [0.15, 0.2) is 48.5 Å². The van der Waals surface area contributed by atoms with Crippen LogP contribution in [0.1, 0.15) is 31.5 Å². The Bertz CT molecular complexity index is 1030. The van der Waals surface area contributed by atoms with Gasteiger partial charge in [-0.15, -0.1) is 0 Å². The highest BCUT2D eigenvalue weighted by atomic mass is 16.3. The molecule has 3 aromatic rings. The second kappa shape index (κ2) is 7.43. The number of phenolic OH excluding ortho intramolecular Hbond substituents is 1. The molecule has 1 amide bonds. The van der Waals surface area contributed by atoms with E-state index in [4.69, 9.17) is 9.97 Å². The molecule has 1 aromatic heterocycles. The molecule has 142 valence electrons. The molecule has 28 heavy (non-hydrogen) atoms. The molecule has 5 nitrogen and oxygen atoms in total. The van der Waals surface area contributed by atoms with Crippen molar-refractivity contribution in [3.8, 4) is 28.3 Å². The van der Waals surface area contributed by atoms with Crippen molar-refractivity contribution in [3.63, 3.8) is 0 Å². The van der Waals surface area contributed by atoms with Gasteiger partial charge in [0.15, 0.2) is 5.82 Å². The number of aryl methyl sites for hydroxylation is 2. The van der Waals surface area contributed by atoms with Crippen molar-refractivity contribution in [3.05, 3.63) is 59.8 Å². The number of aromatic hydroxyl groups is 1. The van der Waals surface area contributed by atoms with Crippen LogP contribution in [0.4, 0.5) is 5.82 Å². The van der Waals surface area contributed by atoms with E-state index < -0.39 is 0 Å². The quantitative estimate of drug-likeness (QED) is 0.701. The van der Waals surface area contributed by atoms with Crippen LogP contribution >= 0.6 is 0 Å². The zero-order valence-electron chi connectivity index (χ0n) is 16.1. The molecule has 4 rings (SSSR count). The lowest BCUT2D eigenvalue weighted by molar-refractivity contribution is -0.116. The zero-order valence-corrected chi connectivity index (χ0v) is 16.1. The highest BCUT2D eigenvalue weighted by Crippen LogP contribution is 2.36. The Balaban J connectivity index is 1.83. The van der Waals surface area contributed by atoms with Gasteiger partial charge in [0.05, 0.1) is 11.4 Å². The summed E-state index contributed by atoms with van der Waals surface area (Å²) in [6, 6.07) is 15.1. The van der Waals surface area contributed by atoms with Gasteiger partial charge in [0, 0.05) is 17.5 Å². The fraction of sp³-hybridized carbons (Fsp3) is 0.261. The first-order chi connectivity index (χ1) is 13.5. The Morgan fingerprint density at radius 1 is 1.07 bits per heavy atom. The van der Waals surface area contributed by atoms with Crippen LogP contribution in [0.5, 0.6) is 5.75 Å². The third-order valence-corrected chi connectivity index (χ3v) is 4.84. The molecule has 0 spiro atoms. The van der Waals surface area contributed by atoms with E-state index >= 15 is 0 Å². The monoisotopic (exact) mass is 373 g/mol. The van der Waals surface area contributed by atoms with Crippen molar-refractivity contribution in [1.29, 1.82) is 0 Å². The zero-order chi connectivity index (χ0) is 19.7. The number of amides is 1. The second-order valence-electron chi connectivity index (χ2n) is 7.57.